The third-order valence-corrected chi connectivity index (χ3v) is 2.44. The number of carbonyl (C=O) groups is 1. The lowest BCUT2D eigenvalue weighted by Gasteiger charge is -2.14. The van der Waals surface area contributed by atoms with Gasteiger partial charge in [0, 0.05) is 6.04 Å². The summed E-state index contributed by atoms with van der Waals surface area (Å²) < 4.78 is 0. The largest absolute Gasteiger partial charge is 0.481 e. The first kappa shape index (κ1) is 13.9. The van der Waals surface area contributed by atoms with E-state index in [1.165, 1.54) is 0 Å². The van der Waals surface area contributed by atoms with Gasteiger partial charge >= 0.3 is 5.97 Å². The first-order valence-corrected chi connectivity index (χ1v) is 4.56. The predicted molar refractivity (Wildman–Crippen MR) is 62.3 cm³/mol. The van der Waals surface area contributed by atoms with Crippen molar-refractivity contribution in [2.75, 3.05) is 0 Å². The number of hydrogen-bond acceptors (Lipinski definition) is 2. The van der Waals surface area contributed by atoms with Crippen LogP contribution < -0.4 is 5.73 Å². The van der Waals surface area contributed by atoms with Crippen molar-refractivity contribution in [3.05, 3.63) is 34.9 Å². The molecule has 0 aliphatic rings. The second-order valence-electron chi connectivity index (χ2n) is 3.49. The van der Waals surface area contributed by atoms with Gasteiger partial charge in [-0.1, -0.05) is 18.2 Å². The highest BCUT2D eigenvalue weighted by Crippen LogP contribution is 2.20. The molecule has 0 spiro atoms. The average Bonchev–Trinajstić information content (AvgIpc) is 2.08. The van der Waals surface area contributed by atoms with Gasteiger partial charge in [0.1, 0.15) is 0 Å². The molecule has 0 aliphatic carbocycles. The number of carboxylic acid groups (broad SMARTS) is 1. The summed E-state index contributed by atoms with van der Waals surface area (Å²) in [5, 5.41) is 8.63. The molecule has 1 aromatic carbocycles. The van der Waals surface area contributed by atoms with E-state index in [0.29, 0.717) is 0 Å². The van der Waals surface area contributed by atoms with Crippen LogP contribution >= 0.6 is 12.4 Å². The van der Waals surface area contributed by atoms with Crippen molar-refractivity contribution in [2.45, 2.75) is 26.3 Å². The van der Waals surface area contributed by atoms with E-state index in [2.05, 4.69) is 0 Å². The van der Waals surface area contributed by atoms with Crippen LogP contribution in [0.15, 0.2) is 18.2 Å². The van der Waals surface area contributed by atoms with Crippen LogP contribution in [0.5, 0.6) is 0 Å². The molecule has 1 unspecified atom stereocenters. The SMILES string of the molecule is Cc1cccc(C(N)CC(=O)O)c1C.Cl. The summed E-state index contributed by atoms with van der Waals surface area (Å²) >= 11 is 0. The van der Waals surface area contributed by atoms with Crippen molar-refractivity contribution in [3.63, 3.8) is 0 Å². The molecule has 3 nitrogen and oxygen atoms in total. The Kier molecular flexibility index (Phi) is 5.33. The van der Waals surface area contributed by atoms with E-state index in [9.17, 15) is 4.79 Å². The van der Waals surface area contributed by atoms with Gasteiger partial charge in [0.2, 0.25) is 0 Å². The molecule has 1 rings (SSSR count). The van der Waals surface area contributed by atoms with Gasteiger partial charge in [-0.25, -0.2) is 0 Å². The molecule has 0 amide bonds. The molecule has 4 heteroatoms. The molecule has 1 atom stereocenters. The van der Waals surface area contributed by atoms with Gasteiger partial charge in [-0.3, -0.25) is 4.79 Å². The molecule has 1 aromatic rings. The van der Waals surface area contributed by atoms with Crippen molar-refractivity contribution in [3.8, 4) is 0 Å². The smallest absolute Gasteiger partial charge is 0.305 e. The summed E-state index contributed by atoms with van der Waals surface area (Å²) in [6.07, 6.45) is -0.0235. The Balaban J connectivity index is 0.00000196. The topological polar surface area (TPSA) is 63.3 Å². The molecule has 0 heterocycles. The van der Waals surface area contributed by atoms with Gasteiger partial charge in [0.15, 0.2) is 0 Å². The second kappa shape index (κ2) is 5.73. The molecule has 84 valence electrons. The van der Waals surface area contributed by atoms with Crippen molar-refractivity contribution in [2.24, 2.45) is 5.73 Å². The molecule has 3 N–H and O–H groups in total. The molecule has 0 aromatic heterocycles. The molecule has 0 fully saturated rings. The van der Waals surface area contributed by atoms with E-state index in [1.54, 1.807) is 0 Å². The lowest BCUT2D eigenvalue weighted by Crippen LogP contribution is -2.16. The van der Waals surface area contributed by atoms with E-state index in [0.717, 1.165) is 16.7 Å². The van der Waals surface area contributed by atoms with Crippen LogP contribution in [0.4, 0.5) is 0 Å². The van der Waals surface area contributed by atoms with Crippen LogP contribution in [0.3, 0.4) is 0 Å². The van der Waals surface area contributed by atoms with Gasteiger partial charge in [0.25, 0.3) is 0 Å². The molecule has 15 heavy (non-hydrogen) atoms. The number of rotatable bonds is 3. The zero-order valence-corrected chi connectivity index (χ0v) is 9.67. The Morgan fingerprint density at radius 2 is 2.07 bits per heavy atom. The molecule has 0 bridgehead atoms. The lowest BCUT2D eigenvalue weighted by molar-refractivity contribution is -0.137. The average molecular weight is 230 g/mol. The van der Waals surface area contributed by atoms with Crippen LogP contribution in [-0.4, -0.2) is 11.1 Å². The Morgan fingerprint density at radius 3 is 2.60 bits per heavy atom. The van der Waals surface area contributed by atoms with Gasteiger partial charge in [-0.05, 0) is 30.5 Å². The lowest BCUT2D eigenvalue weighted by atomic mass is 9.96. The van der Waals surface area contributed by atoms with E-state index >= 15 is 0 Å². The molecule has 0 saturated carbocycles. The van der Waals surface area contributed by atoms with Gasteiger partial charge in [-0.2, -0.15) is 0 Å². The van der Waals surface area contributed by atoms with Gasteiger partial charge in [-0.15, -0.1) is 12.4 Å². The summed E-state index contributed by atoms with van der Waals surface area (Å²) in [4.78, 5) is 10.5. The third kappa shape index (κ3) is 3.53. The molecule has 0 aliphatic heterocycles. The maximum absolute atomic E-state index is 10.5. The van der Waals surface area contributed by atoms with Crippen molar-refractivity contribution in [1.29, 1.82) is 0 Å². The van der Waals surface area contributed by atoms with Crippen LogP contribution in [0, 0.1) is 13.8 Å². The summed E-state index contributed by atoms with van der Waals surface area (Å²) in [7, 11) is 0. The number of benzene rings is 1. The fourth-order valence-corrected chi connectivity index (χ4v) is 1.47. The van der Waals surface area contributed by atoms with Gasteiger partial charge < -0.3 is 10.8 Å². The minimum Gasteiger partial charge on any atom is -0.481 e. The Hall–Kier alpha value is -1.06. The summed E-state index contributed by atoms with van der Waals surface area (Å²) in [5.41, 5.74) is 8.93. The van der Waals surface area contributed by atoms with Crippen molar-refractivity contribution < 1.29 is 9.90 Å². The van der Waals surface area contributed by atoms with E-state index < -0.39 is 12.0 Å². The first-order chi connectivity index (χ1) is 6.52. The van der Waals surface area contributed by atoms with Crippen molar-refractivity contribution in [1.82, 2.24) is 0 Å². The highest BCUT2D eigenvalue weighted by Gasteiger charge is 2.13. The fraction of sp³-hybridized carbons (Fsp3) is 0.364. The van der Waals surface area contributed by atoms with Crippen LogP contribution in [-0.2, 0) is 4.79 Å². The second-order valence-corrected chi connectivity index (χ2v) is 3.49. The van der Waals surface area contributed by atoms with E-state index in [1.807, 2.05) is 32.0 Å². The third-order valence-electron chi connectivity index (χ3n) is 2.44. The molecular formula is C11H16ClNO2. The Morgan fingerprint density at radius 1 is 1.47 bits per heavy atom. The maximum atomic E-state index is 10.5. The minimum atomic E-state index is -0.863. The quantitative estimate of drug-likeness (QED) is 0.835. The van der Waals surface area contributed by atoms with Crippen LogP contribution in [0.25, 0.3) is 0 Å². The Labute approximate surface area is 95.7 Å². The number of aliphatic carboxylic acids is 1. The number of aryl methyl sites for hydroxylation is 1. The summed E-state index contributed by atoms with van der Waals surface area (Å²) in [6, 6.07) is 5.37. The zero-order valence-electron chi connectivity index (χ0n) is 8.86. The maximum Gasteiger partial charge on any atom is 0.305 e. The number of carboxylic acids is 1. The first-order valence-electron chi connectivity index (χ1n) is 4.56. The van der Waals surface area contributed by atoms with Gasteiger partial charge in [0.05, 0.1) is 6.42 Å². The number of nitrogens with two attached hydrogens (primary N) is 1. The van der Waals surface area contributed by atoms with E-state index in [4.69, 9.17) is 10.8 Å². The van der Waals surface area contributed by atoms with E-state index in [-0.39, 0.29) is 18.8 Å². The number of halogens is 1. The molecule has 0 saturated heterocycles. The molecular weight excluding hydrogens is 214 g/mol. The highest BCUT2D eigenvalue weighted by molar-refractivity contribution is 5.85. The fourth-order valence-electron chi connectivity index (χ4n) is 1.47. The summed E-state index contributed by atoms with van der Waals surface area (Å²) in [5.74, 6) is -0.863. The zero-order chi connectivity index (χ0) is 10.7. The minimum absolute atomic E-state index is 0. The predicted octanol–water partition coefficient (Wildman–Crippen LogP) is 2.20. The highest BCUT2D eigenvalue weighted by atomic mass is 35.5. The summed E-state index contributed by atoms with van der Waals surface area (Å²) in [6.45, 7) is 3.96. The standard InChI is InChI=1S/C11H15NO2.ClH/c1-7-4-3-5-9(8(7)2)10(12)6-11(13)14;/h3-5,10H,6,12H2,1-2H3,(H,13,14);1H. The molecule has 0 radical (unpaired) electrons. The Bertz CT molecular complexity index is 352. The van der Waals surface area contributed by atoms with Crippen molar-refractivity contribution >= 4 is 18.4 Å². The van der Waals surface area contributed by atoms with Crippen LogP contribution in [0.1, 0.15) is 29.2 Å². The number of hydrogen-bond donors (Lipinski definition) is 2. The normalized spacial score (nSPS) is 11.7. The van der Waals surface area contributed by atoms with Crippen LogP contribution in [0.2, 0.25) is 0 Å². The monoisotopic (exact) mass is 229 g/mol.